The van der Waals surface area contributed by atoms with Crippen LogP contribution < -0.4 is 5.32 Å². The highest BCUT2D eigenvalue weighted by Gasteiger charge is 2.52. The number of rotatable bonds is 14. The van der Waals surface area contributed by atoms with Crippen LogP contribution in [0.4, 0.5) is 0 Å². The lowest BCUT2D eigenvalue weighted by Crippen LogP contribution is -2.40. The van der Waals surface area contributed by atoms with E-state index in [-0.39, 0.29) is 31.5 Å². The Bertz CT molecular complexity index is 664. The number of carbonyl (C=O) groups excluding carboxylic acids is 1. The summed E-state index contributed by atoms with van der Waals surface area (Å²) < 4.78 is 5.03. The molecule has 31 heavy (non-hydrogen) atoms. The van der Waals surface area contributed by atoms with E-state index in [0.717, 1.165) is 6.42 Å². The Morgan fingerprint density at radius 2 is 1.65 bits per heavy atom. The molecular weight excluding hydrogens is 414 g/mol. The first-order valence-corrected chi connectivity index (χ1v) is 11.7. The molecule has 2 N–H and O–H groups in total. The Morgan fingerprint density at radius 1 is 1.03 bits per heavy atom. The predicted molar refractivity (Wildman–Crippen MR) is 127 cm³/mol. The Morgan fingerprint density at radius 3 is 2.26 bits per heavy atom. The highest BCUT2D eigenvalue weighted by molar-refractivity contribution is 5.99. The second kappa shape index (κ2) is 14.5. The predicted octanol–water partition coefficient (Wildman–Crippen LogP) is 5.68. The molecule has 1 aromatic carbocycles. The fraction of sp³-hybridized carbons (Fsp3) is 0.680. The molecule has 176 valence electrons. The van der Waals surface area contributed by atoms with Gasteiger partial charge in [0, 0.05) is 12.6 Å². The van der Waals surface area contributed by atoms with Crippen LogP contribution in [0.15, 0.2) is 24.3 Å². The van der Waals surface area contributed by atoms with E-state index in [1.807, 2.05) is 0 Å². The van der Waals surface area contributed by atoms with Crippen LogP contribution in [0.1, 0.15) is 89.2 Å². The highest BCUT2D eigenvalue weighted by atomic mass is 35.5. The molecule has 5 nitrogen and oxygen atoms in total. The number of hydrogen-bond donors (Lipinski definition) is 2. The van der Waals surface area contributed by atoms with E-state index in [0.29, 0.717) is 19.4 Å². The molecule has 2 unspecified atom stereocenters. The second-order valence-electron chi connectivity index (χ2n) is 8.62. The molecule has 2 rings (SSSR count). The van der Waals surface area contributed by atoms with Crippen molar-refractivity contribution in [3.8, 4) is 0 Å². The van der Waals surface area contributed by atoms with E-state index in [1.165, 1.54) is 56.1 Å². The highest BCUT2D eigenvalue weighted by Crippen LogP contribution is 2.40. The topological polar surface area (TPSA) is 75.6 Å². The third-order valence-corrected chi connectivity index (χ3v) is 6.28. The molecule has 0 heterocycles. The standard InChI is InChI=1S/C25H39NO4.ClH/c1-3-5-6-7-8-9-10-11-20-12-14-21(15-13-20)19-26-22-16-17-25(18-22,23(27)28)24(29)30-4-2;/h12-15,22,26H,3-11,16-19H2,1-2H3,(H,27,28);1H. The summed E-state index contributed by atoms with van der Waals surface area (Å²) in [5, 5.41) is 13.0. The van der Waals surface area contributed by atoms with Crippen molar-refractivity contribution in [2.45, 2.75) is 97.1 Å². The summed E-state index contributed by atoms with van der Waals surface area (Å²) in [7, 11) is 0. The van der Waals surface area contributed by atoms with Gasteiger partial charge in [-0.1, -0.05) is 69.7 Å². The van der Waals surface area contributed by atoms with Crippen molar-refractivity contribution in [2.75, 3.05) is 6.61 Å². The zero-order valence-electron chi connectivity index (χ0n) is 19.2. The van der Waals surface area contributed by atoms with Crippen molar-refractivity contribution in [1.82, 2.24) is 5.32 Å². The van der Waals surface area contributed by atoms with Gasteiger partial charge in [-0.15, -0.1) is 12.4 Å². The third-order valence-electron chi connectivity index (χ3n) is 6.28. The first-order chi connectivity index (χ1) is 14.5. The van der Waals surface area contributed by atoms with Crippen molar-refractivity contribution in [3.05, 3.63) is 35.4 Å². The van der Waals surface area contributed by atoms with Crippen LogP contribution in [0.2, 0.25) is 0 Å². The summed E-state index contributed by atoms with van der Waals surface area (Å²) in [6, 6.07) is 8.70. The van der Waals surface area contributed by atoms with Crippen LogP contribution in [-0.2, 0) is 27.3 Å². The van der Waals surface area contributed by atoms with Crippen LogP contribution in [0, 0.1) is 5.41 Å². The van der Waals surface area contributed by atoms with Gasteiger partial charge in [0.2, 0.25) is 0 Å². The molecule has 1 aliphatic rings. The van der Waals surface area contributed by atoms with Gasteiger partial charge in [0.1, 0.15) is 0 Å². The molecule has 0 aliphatic heterocycles. The maximum atomic E-state index is 12.2. The van der Waals surface area contributed by atoms with Crippen molar-refractivity contribution in [1.29, 1.82) is 0 Å². The molecule has 1 aliphatic carbocycles. The van der Waals surface area contributed by atoms with E-state index >= 15 is 0 Å². The maximum Gasteiger partial charge on any atom is 0.323 e. The summed E-state index contributed by atoms with van der Waals surface area (Å²) in [6.45, 7) is 4.84. The van der Waals surface area contributed by atoms with Gasteiger partial charge in [-0.25, -0.2) is 0 Å². The van der Waals surface area contributed by atoms with Gasteiger partial charge in [0.05, 0.1) is 6.61 Å². The normalized spacial score (nSPS) is 20.3. The zero-order valence-corrected chi connectivity index (χ0v) is 20.0. The number of esters is 1. The van der Waals surface area contributed by atoms with Crippen LogP contribution in [0.3, 0.4) is 0 Å². The van der Waals surface area contributed by atoms with Crippen molar-refractivity contribution in [2.24, 2.45) is 5.41 Å². The Labute approximate surface area is 193 Å². The molecule has 0 amide bonds. The lowest BCUT2D eigenvalue weighted by atomic mass is 9.86. The van der Waals surface area contributed by atoms with Gasteiger partial charge >= 0.3 is 11.9 Å². The maximum absolute atomic E-state index is 12.2. The zero-order chi connectivity index (χ0) is 21.8. The number of carboxylic acid groups (broad SMARTS) is 1. The van der Waals surface area contributed by atoms with Crippen LogP contribution >= 0.6 is 12.4 Å². The first-order valence-electron chi connectivity index (χ1n) is 11.7. The molecule has 1 aromatic rings. The quantitative estimate of drug-likeness (QED) is 0.215. The van der Waals surface area contributed by atoms with Gasteiger partial charge in [-0.2, -0.15) is 0 Å². The summed E-state index contributed by atoms with van der Waals surface area (Å²) in [5.41, 5.74) is 1.16. The Kier molecular flexibility index (Phi) is 12.8. The number of unbranched alkanes of at least 4 members (excludes halogenated alkanes) is 6. The second-order valence-corrected chi connectivity index (χ2v) is 8.62. The Balaban J connectivity index is 0.00000480. The lowest BCUT2D eigenvalue weighted by molar-refractivity contribution is -0.168. The van der Waals surface area contributed by atoms with E-state index in [1.54, 1.807) is 6.92 Å². The Hall–Kier alpha value is -1.59. The largest absolute Gasteiger partial charge is 0.480 e. The average molecular weight is 454 g/mol. The molecule has 2 atom stereocenters. The van der Waals surface area contributed by atoms with Gasteiger partial charge in [0.15, 0.2) is 5.41 Å². The molecule has 0 radical (unpaired) electrons. The summed E-state index contributed by atoms with van der Waals surface area (Å²) in [4.78, 5) is 24.0. The fourth-order valence-corrected chi connectivity index (χ4v) is 4.33. The van der Waals surface area contributed by atoms with E-state index in [2.05, 4.69) is 36.5 Å². The van der Waals surface area contributed by atoms with Crippen molar-refractivity contribution in [3.63, 3.8) is 0 Å². The van der Waals surface area contributed by atoms with Gasteiger partial charge in [-0.05, 0) is 50.2 Å². The van der Waals surface area contributed by atoms with E-state index < -0.39 is 17.4 Å². The molecule has 0 saturated heterocycles. The minimum absolute atomic E-state index is 0. The van der Waals surface area contributed by atoms with Gasteiger partial charge < -0.3 is 15.2 Å². The summed E-state index contributed by atoms with van der Waals surface area (Å²) >= 11 is 0. The summed E-state index contributed by atoms with van der Waals surface area (Å²) in [6.07, 6.45) is 11.7. The summed E-state index contributed by atoms with van der Waals surface area (Å²) in [5.74, 6) is -1.67. The molecule has 0 spiro atoms. The number of carboxylic acids is 1. The first kappa shape index (κ1) is 27.4. The number of ether oxygens (including phenoxy) is 1. The molecule has 0 aromatic heterocycles. The number of carbonyl (C=O) groups is 2. The SMILES string of the molecule is CCCCCCCCCc1ccc(CNC2CCC(C(=O)O)(C(=O)OCC)C2)cc1.Cl. The van der Waals surface area contributed by atoms with E-state index in [9.17, 15) is 14.7 Å². The van der Waals surface area contributed by atoms with Crippen LogP contribution in [0.25, 0.3) is 0 Å². The molecule has 0 bridgehead atoms. The average Bonchev–Trinajstić information content (AvgIpc) is 3.18. The monoisotopic (exact) mass is 453 g/mol. The number of benzene rings is 1. The van der Waals surface area contributed by atoms with Crippen LogP contribution in [-0.4, -0.2) is 29.7 Å². The number of aryl methyl sites for hydroxylation is 1. The van der Waals surface area contributed by atoms with Crippen molar-refractivity contribution >= 4 is 24.3 Å². The van der Waals surface area contributed by atoms with Gasteiger partial charge in [-0.3, -0.25) is 9.59 Å². The fourth-order valence-electron chi connectivity index (χ4n) is 4.33. The number of halogens is 1. The number of hydrogen-bond acceptors (Lipinski definition) is 4. The van der Waals surface area contributed by atoms with Crippen molar-refractivity contribution < 1.29 is 19.4 Å². The van der Waals surface area contributed by atoms with Gasteiger partial charge in [0.25, 0.3) is 0 Å². The number of aliphatic carboxylic acids is 1. The number of nitrogens with one attached hydrogen (secondary N) is 1. The minimum atomic E-state index is -1.39. The third kappa shape index (κ3) is 8.46. The lowest BCUT2D eigenvalue weighted by Gasteiger charge is -2.22. The van der Waals surface area contributed by atoms with Crippen LogP contribution in [0.5, 0.6) is 0 Å². The molecule has 1 fully saturated rings. The molecular formula is C25H40ClNO4. The molecule has 1 saturated carbocycles. The van der Waals surface area contributed by atoms with E-state index in [4.69, 9.17) is 4.74 Å². The minimum Gasteiger partial charge on any atom is -0.480 e. The molecule has 6 heteroatoms. The smallest absolute Gasteiger partial charge is 0.323 e.